The monoisotopic (exact) mass is 573 g/mol. The smallest absolute Gasteiger partial charge is 0.434 e. The van der Waals surface area contributed by atoms with Crippen molar-refractivity contribution in [1.29, 1.82) is 0 Å². The maximum atomic E-state index is 14.3. The van der Waals surface area contributed by atoms with E-state index in [0.29, 0.717) is 15.5 Å². The highest BCUT2D eigenvalue weighted by molar-refractivity contribution is 6.32. The number of alkyl halides is 3. The first kappa shape index (κ1) is 26.4. The molecule has 0 atom stereocenters. The van der Waals surface area contributed by atoms with Crippen LogP contribution in [0.15, 0.2) is 55.1 Å². The summed E-state index contributed by atoms with van der Waals surface area (Å²) in [6.07, 6.45) is -1.89. The van der Waals surface area contributed by atoms with E-state index >= 15 is 0 Å². The molecule has 4 heterocycles. The molecule has 0 bridgehead atoms. The van der Waals surface area contributed by atoms with Crippen LogP contribution in [0.2, 0.25) is 5.02 Å². The zero-order valence-corrected chi connectivity index (χ0v) is 20.8. The summed E-state index contributed by atoms with van der Waals surface area (Å²) in [5, 5.41) is 25.4. The van der Waals surface area contributed by atoms with Gasteiger partial charge in [0, 0.05) is 17.0 Å². The molecule has 0 spiro atoms. The lowest BCUT2D eigenvalue weighted by atomic mass is 10.1. The van der Waals surface area contributed by atoms with Crippen molar-refractivity contribution in [3.63, 3.8) is 0 Å². The van der Waals surface area contributed by atoms with Gasteiger partial charge >= 0.3 is 12.3 Å². The fourth-order valence-electron chi connectivity index (χ4n) is 3.86. The van der Waals surface area contributed by atoms with Gasteiger partial charge in [-0.1, -0.05) is 17.7 Å². The number of amides is 2. The fraction of sp³-hybridized carbons (Fsp3) is 0.0870. The molecule has 0 unspecified atom stereocenters. The Labute approximate surface area is 226 Å². The van der Waals surface area contributed by atoms with Gasteiger partial charge in [-0.15, -0.1) is 9.90 Å². The molecule has 13 nitrogen and oxygen atoms in total. The maximum absolute atomic E-state index is 14.3. The third-order valence-electron chi connectivity index (χ3n) is 5.45. The van der Waals surface area contributed by atoms with E-state index in [1.165, 1.54) is 37.6 Å². The van der Waals surface area contributed by atoms with Crippen molar-refractivity contribution < 1.29 is 32.6 Å². The number of nitrogens with one attached hydrogen (secondary N) is 2. The van der Waals surface area contributed by atoms with E-state index in [-0.39, 0.29) is 33.9 Å². The first-order valence-corrected chi connectivity index (χ1v) is 11.4. The van der Waals surface area contributed by atoms with Crippen LogP contribution in [0.5, 0.6) is 5.88 Å². The average Bonchev–Trinajstić information content (AvgIpc) is 3.55. The van der Waals surface area contributed by atoms with Gasteiger partial charge in [0.05, 0.1) is 47.7 Å². The second-order valence-corrected chi connectivity index (χ2v) is 8.35. The van der Waals surface area contributed by atoms with Gasteiger partial charge in [-0.2, -0.15) is 23.4 Å². The van der Waals surface area contributed by atoms with E-state index in [0.717, 1.165) is 23.4 Å². The molecular weight excluding hydrogens is 559 g/mol. The number of hydrogen-bond donors (Lipinski definition) is 3. The minimum Gasteiger partial charge on any atom is -0.481 e. The van der Waals surface area contributed by atoms with Crippen LogP contribution in [0.3, 0.4) is 0 Å². The Hall–Kier alpha value is -5.25. The number of benzene rings is 1. The first-order valence-electron chi connectivity index (χ1n) is 11.0. The van der Waals surface area contributed by atoms with Gasteiger partial charge in [0.25, 0.3) is 5.91 Å². The summed E-state index contributed by atoms with van der Waals surface area (Å²) in [5.74, 6) is -1.03. The highest BCUT2D eigenvalue weighted by Crippen LogP contribution is 2.36. The molecule has 17 heteroatoms. The van der Waals surface area contributed by atoms with Crippen molar-refractivity contribution in [2.45, 2.75) is 6.18 Å². The number of halogens is 4. The van der Waals surface area contributed by atoms with Crippen LogP contribution in [0.25, 0.3) is 22.3 Å². The van der Waals surface area contributed by atoms with Crippen LogP contribution in [0, 0.1) is 0 Å². The quantitative estimate of drug-likeness (QED) is 0.267. The molecule has 0 radical (unpaired) electrons. The number of pyridine rings is 2. The van der Waals surface area contributed by atoms with Gasteiger partial charge < -0.3 is 15.2 Å². The Morgan fingerprint density at radius 2 is 1.85 bits per heavy atom. The Bertz CT molecular complexity index is 1770. The molecule has 0 aliphatic heterocycles. The van der Waals surface area contributed by atoms with Gasteiger partial charge in [0.1, 0.15) is 0 Å². The number of carbonyl (C=O) groups is 2. The molecule has 5 aromatic rings. The van der Waals surface area contributed by atoms with E-state index in [4.69, 9.17) is 21.4 Å². The average molecular weight is 574 g/mol. The highest BCUT2D eigenvalue weighted by Gasteiger charge is 2.41. The standard InChI is InChI=1S/C23H15ClF3N9O4/c1-40-21-13-3-2-4-16(12(13)5-6-28-21)35-18(23(25,26)27)14(9-30-35)20(37)32-11-7-15(24)19(29-8-11)36-31-10-17(34-36)33-22(38)39/h2-10H,1H3,(H,32,37)(H,33,34)(H,38,39). The molecule has 3 N–H and O–H groups in total. The topological polar surface area (TPSA) is 162 Å². The molecule has 5 rings (SSSR count). The van der Waals surface area contributed by atoms with E-state index in [1.54, 1.807) is 6.07 Å². The molecule has 0 saturated heterocycles. The summed E-state index contributed by atoms with van der Waals surface area (Å²) in [4.78, 5) is 32.8. The molecule has 1 aromatic carbocycles. The van der Waals surface area contributed by atoms with E-state index in [2.05, 4.69) is 30.6 Å². The fourth-order valence-corrected chi connectivity index (χ4v) is 4.10. The third-order valence-corrected chi connectivity index (χ3v) is 5.72. The number of aromatic nitrogens is 7. The molecule has 0 aliphatic carbocycles. The minimum absolute atomic E-state index is 0.0252. The number of nitrogens with zero attached hydrogens (tertiary/aromatic N) is 7. The molecule has 2 amide bonds. The summed E-state index contributed by atoms with van der Waals surface area (Å²) in [7, 11) is 1.39. The van der Waals surface area contributed by atoms with Crippen molar-refractivity contribution in [2.24, 2.45) is 0 Å². The lowest BCUT2D eigenvalue weighted by molar-refractivity contribution is -0.143. The molecule has 40 heavy (non-hydrogen) atoms. The second kappa shape index (κ2) is 10.1. The normalized spacial score (nSPS) is 11.4. The maximum Gasteiger partial charge on any atom is 0.434 e. The number of methoxy groups -OCH3 is 1. The van der Waals surface area contributed by atoms with Crippen molar-refractivity contribution >= 4 is 45.9 Å². The van der Waals surface area contributed by atoms with Crippen LogP contribution in [0.1, 0.15) is 16.1 Å². The number of ether oxygens (including phenoxy) is 1. The van der Waals surface area contributed by atoms with Crippen molar-refractivity contribution in [3.05, 3.63) is 71.4 Å². The van der Waals surface area contributed by atoms with Crippen LogP contribution in [-0.4, -0.2) is 59.0 Å². The number of carbonyl (C=O) groups excluding carboxylic acids is 1. The number of anilines is 2. The summed E-state index contributed by atoms with van der Waals surface area (Å²) in [5.41, 5.74) is -2.02. The molecular formula is C23H15ClF3N9O4. The third kappa shape index (κ3) is 4.94. The number of rotatable bonds is 6. The summed E-state index contributed by atoms with van der Waals surface area (Å²) < 4.78 is 48.7. The lowest BCUT2D eigenvalue weighted by Gasteiger charge is -2.15. The van der Waals surface area contributed by atoms with Crippen molar-refractivity contribution in [2.75, 3.05) is 17.7 Å². The Kier molecular flexibility index (Phi) is 6.68. The summed E-state index contributed by atoms with van der Waals surface area (Å²) in [6.45, 7) is 0. The zero-order chi connectivity index (χ0) is 28.6. The van der Waals surface area contributed by atoms with Crippen molar-refractivity contribution in [1.82, 2.24) is 34.7 Å². The van der Waals surface area contributed by atoms with E-state index in [9.17, 15) is 22.8 Å². The predicted molar refractivity (Wildman–Crippen MR) is 134 cm³/mol. The van der Waals surface area contributed by atoms with Gasteiger partial charge in [0.15, 0.2) is 17.3 Å². The van der Waals surface area contributed by atoms with Crippen LogP contribution >= 0.6 is 11.6 Å². The van der Waals surface area contributed by atoms with Crippen LogP contribution < -0.4 is 15.4 Å². The van der Waals surface area contributed by atoms with Gasteiger partial charge in [-0.3, -0.25) is 10.1 Å². The Morgan fingerprint density at radius 1 is 1.05 bits per heavy atom. The Balaban J connectivity index is 1.48. The zero-order valence-electron chi connectivity index (χ0n) is 20.0. The molecule has 0 fully saturated rings. The van der Waals surface area contributed by atoms with Gasteiger partial charge in [-0.25, -0.2) is 19.4 Å². The largest absolute Gasteiger partial charge is 0.481 e. The molecule has 0 saturated carbocycles. The van der Waals surface area contributed by atoms with Crippen LogP contribution in [-0.2, 0) is 6.18 Å². The molecule has 4 aromatic heterocycles. The predicted octanol–water partition coefficient (Wildman–Crippen LogP) is 4.42. The highest BCUT2D eigenvalue weighted by atomic mass is 35.5. The molecule has 204 valence electrons. The Morgan fingerprint density at radius 3 is 2.55 bits per heavy atom. The van der Waals surface area contributed by atoms with Crippen LogP contribution in [0.4, 0.5) is 29.5 Å². The minimum atomic E-state index is -4.96. The van der Waals surface area contributed by atoms with E-state index in [1.807, 2.05) is 5.32 Å². The van der Waals surface area contributed by atoms with Gasteiger partial charge in [-0.05, 0) is 24.3 Å². The van der Waals surface area contributed by atoms with E-state index < -0.39 is 29.4 Å². The second-order valence-electron chi connectivity index (χ2n) is 7.94. The number of carboxylic acid groups (broad SMARTS) is 1. The lowest BCUT2D eigenvalue weighted by Crippen LogP contribution is -2.21. The number of hydrogen-bond acceptors (Lipinski definition) is 8. The number of fused-ring (bicyclic) bond motifs is 1. The van der Waals surface area contributed by atoms with Gasteiger partial charge in [0.2, 0.25) is 5.88 Å². The first-order chi connectivity index (χ1) is 19.1. The van der Waals surface area contributed by atoms with Crippen molar-refractivity contribution in [3.8, 4) is 17.4 Å². The summed E-state index contributed by atoms with van der Waals surface area (Å²) in [6, 6.07) is 7.32. The summed E-state index contributed by atoms with van der Waals surface area (Å²) >= 11 is 6.21. The SMILES string of the molecule is COc1nccc2c(-n3ncc(C(=O)Nc4cnc(-n5ncc(NC(=O)O)n5)c(Cl)c4)c3C(F)(F)F)cccc12. The molecule has 0 aliphatic rings.